The Morgan fingerprint density at radius 1 is 1.70 bits per heavy atom. The van der Waals surface area contributed by atoms with Gasteiger partial charge in [-0.3, -0.25) is 0 Å². The molecule has 0 atom stereocenters. The smallest absolute Gasteiger partial charge is 0.0574 e. The summed E-state index contributed by atoms with van der Waals surface area (Å²) in [5, 5.41) is 9.08. The highest BCUT2D eigenvalue weighted by molar-refractivity contribution is 4.86. The molecule has 0 aliphatic rings. The third-order valence-corrected chi connectivity index (χ3v) is 1.05. The van der Waals surface area contributed by atoms with E-state index in [9.17, 15) is 0 Å². The van der Waals surface area contributed by atoms with Crippen LogP contribution in [0.2, 0.25) is 0 Å². The first-order valence-corrected chi connectivity index (χ1v) is 3.21. The Labute approximate surface area is 61.6 Å². The lowest BCUT2D eigenvalue weighted by Crippen LogP contribution is -2.24. The molecule has 0 aliphatic heterocycles. The molecule has 0 saturated heterocycles. The van der Waals surface area contributed by atoms with Gasteiger partial charge in [0.15, 0.2) is 0 Å². The summed E-state index contributed by atoms with van der Waals surface area (Å²) in [6.07, 6.45) is 0.834. The third kappa shape index (κ3) is 4.03. The number of hydrogen-bond acceptors (Lipinski definition) is 3. The molecule has 1 N–H and O–H groups in total. The van der Waals surface area contributed by atoms with Crippen molar-refractivity contribution in [2.24, 2.45) is 10.3 Å². The van der Waals surface area contributed by atoms with Crippen LogP contribution in [0.4, 0.5) is 0 Å². The molecule has 0 fully saturated rings. The molecular formula is C6H14N4. The molecule has 0 aromatic heterocycles. The van der Waals surface area contributed by atoms with Crippen molar-refractivity contribution in [3.05, 3.63) is 12.3 Å². The second kappa shape index (κ2) is 4.93. The van der Waals surface area contributed by atoms with Gasteiger partial charge in [0.25, 0.3) is 0 Å². The van der Waals surface area contributed by atoms with Gasteiger partial charge in [-0.15, -0.1) is 5.11 Å². The van der Waals surface area contributed by atoms with Gasteiger partial charge in [0.05, 0.1) is 5.70 Å². The fraction of sp³-hybridized carbons (Fsp3) is 0.667. The van der Waals surface area contributed by atoms with Crippen LogP contribution in [0, 0.1) is 0 Å². The van der Waals surface area contributed by atoms with E-state index in [0.29, 0.717) is 0 Å². The minimum Gasteiger partial charge on any atom is -0.220 e. The quantitative estimate of drug-likeness (QED) is 0.475. The van der Waals surface area contributed by atoms with Crippen LogP contribution >= 0.6 is 0 Å². The van der Waals surface area contributed by atoms with Crippen LogP contribution in [-0.2, 0) is 0 Å². The summed E-state index contributed by atoms with van der Waals surface area (Å²) in [4.78, 5) is 0. The molecule has 0 bridgehead atoms. The predicted octanol–water partition coefficient (Wildman–Crippen LogP) is 1.34. The van der Waals surface area contributed by atoms with Crippen LogP contribution in [0.3, 0.4) is 0 Å². The molecule has 0 aromatic carbocycles. The average Bonchev–Trinajstić information content (AvgIpc) is 1.99. The maximum Gasteiger partial charge on any atom is 0.0574 e. The van der Waals surface area contributed by atoms with Gasteiger partial charge in [0.2, 0.25) is 0 Å². The van der Waals surface area contributed by atoms with Crippen molar-refractivity contribution in [2.75, 3.05) is 14.1 Å². The van der Waals surface area contributed by atoms with Crippen molar-refractivity contribution in [3.8, 4) is 0 Å². The molecule has 10 heavy (non-hydrogen) atoms. The number of hydrazine groups is 1. The van der Waals surface area contributed by atoms with E-state index in [-0.39, 0.29) is 0 Å². The van der Waals surface area contributed by atoms with Crippen LogP contribution in [0.15, 0.2) is 22.6 Å². The Kier molecular flexibility index (Phi) is 4.49. The standard InChI is InChI=1S/C6H14N4/c1-5-6(2)8-9-10(4)7-3/h7H,2,5H2,1,3-4H3. The average molecular weight is 142 g/mol. The van der Waals surface area contributed by atoms with Crippen molar-refractivity contribution >= 4 is 0 Å². The van der Waals surface area contributed by atoms with Crippen molar-refractivity contribution in [1.29, 1.82) is 0 Å². The van der Waals surface area contributed by atoms with Crippen molar-refractivity contribution < 1.29 is 0 Å². The topological polar surface area (TPSA) is 40.0 Å². The van der Waals surface area contributed by atoms with E-state index in [1.807, 2.05) is 6.92 Å². The van der Waals surface area contributed by atoms with Crippen molar-refractivity contribution in [1.82, 2.24) is 10.5 Å². The van der Waals surface area contributed by atoms with Gasteiger partial charge in [0, 0.05) is 14.1 Å². The molecule has 0 heterocycles. The van der Waals surface area contributed by atoms with Crippen LogP contribution in [0.25, 0.3) is 0 Å². The monoisotopic (exact) mass is 142 g/mol. The van der Waals surface area contributed by atoms with E-state index in [0.717, 1.165) is 12.1 Å². The van der Waals surface area contributed by atoms with E-state index in [4.69, 9.17) is 0 Å². The van der Waals surface area contributed by atoms with Crippen LogP contribution in [-0.4, -0.2) is 19.2 Å². The maximum absolute atomic E-state index is 3.81. The zero-order chi connectivity index (χ0) is 7.98. The predicted molar refractivity (Wildman–Crippen MR) is 41.1 cm³/mol. The SMILES string of the molecule is C=C(CC)N=NN(C)NC. The van der Waals surface area contributed by atoms with Gasteiger partial charge < -0.3 is 0 Å². The van der Waals surface area contributed by atoms with E-state index in [2.05, 4.69) is 22.3 Å². The molecule has 0 aliphatic carbocycles. The molecule has 0 spiro atoms. The molecule has 0 radical (unpaired) electrons. The minimum atomic E-state index is 0.780. The summed E-state index contributed by atoms with van der Waals surface area (Å²) in [6, 6.07) is 0. The second-order valence-corrected chi connectivity index (χ2v) is 1.86. The highest BCUT2D eigenvalue weighted by Crippen LogP contribution is 1.98. The van der Waals surface area contributed by atoms with E-state index in [1.165, 1.54) is 5.12 Å². The lowest BCUT2D eigenvalue weighted by molar-refractivity contribution is 0.254. The molecule has 4 nitrogen and oxygen atoms in total. The third-order valence-electron chi connectivity index (χ3n) is 1.05. The number of nitrogens with one attached hydrogen (secondary N) is 1. The van der Waals surface area contributed by atoms with Crippen molar-refractivity contribution in [2.45, 2.75) is 13.3 Å². The molecule has 0 unspecified atom stereocenters. The van der Waals surface area contributed by atoms with Gasteiger partial charge in [-0.05, 0) is 6.42 Å². The first-order chi connectivity index (χ1) is 4.70. The summed E-state index contributed by atoms with van der Waals surface area (Å²) in [7, 11) is 3.54. The van der Waals surface area contributed by atoms with Crippen LogP contribution in [0.5, 0.6) is 0 Å². The molecule has 0 amide bonds. The normalized spacial score (nSPS) is 10.3. The largest absolute Gasteiger partial charge is 0.220 e. The Morgan fingerprint density at radius 3 is 2.70 bits per heavy atom. The number of hydrogen-bond donors (Lipinski definition) is 1. The zero-order valence-corrected chi connectivity index (χ0v) is 6.76. The fourth-order valence-electron chi connectivity index (χ4n) is 0.246. The van der Waals surface area contributed by atoms with E-state index < -0.39 is 0 Å². The van der Waals surface area contributed by atoms with E-state index in [1.54, 1.807) is 14.1 Å². The summed E-state index contributed by atoms with van der Waals surface area (Å²) in [5.74, 6) is 0. The van der Waals surface area contributed by atoms with Gasteiger partial charge in [-0.2, -0.15) is 0 Å². The maximum atomic E-state index is 3.81. The highest BCUT2D eigenvalue weighted by Gasteiger charge is 1.85. The molecule has 4 heteroatoms. The van der Waals surface area contributed by atoms with E-state index >= 15 is 0 Å². The Bertz CT molecular complexity index is 130. The first kappa shape index (κ1) is 9.10. The molecule has 58 valence electrons. The lowest BCUT2D eigenvalue weighted by Gasteiger charge is -2.06. The van der Waals surface area contributed by atoms with Gasteiger partial charge in [-0.25, -0.2) is 10.5 Å². The Hall–Kier alpha value is -0.900. The molecule has 0 rings (SSSR count). The Balaban J connectivity index is 3.63. The summed E-state index contributed by atoms with van der Waals surface area (Å²) < 4.78 is 0. The van der Waals surface area contributed by atoms with Gasteiger partial charge in [0.1, 0.15) is 0 Å². The lowest BCUT2D eigenvalue weighted by atomic mass is 10.4. The Morgan fingerprint density at radius 2 is 2.30 bits per heavy atom. The zero-order valence-electron chi connectivity index (χ0n) is 6.76. The minimum absolute atomic E-state index is 0.780. The summed E-state index contributed by atoms with van der Waals surface area (Å²) in [5.41, 5.74) is 3.56. The first-order valence-electron chi connectivity index (χ1n) is 3.21. The van der Waals surface area contributed by atoms with Crippen LogP contribution in [0.1, 0.15) is 13.3 Å². The summed E-state index contributed by atoms with van der Waals surface area (Å²) >= 11 is 0. The summed E-state index contributed by atoms with van der Waals surface area (Å²) in [6.45, 7) is 5.65. The molecular weight excluding hydrogens is 128 g/mol. The number of rotatable bonds is 4. The number of allylic oxidation sites excluding steroid dienone is 1. The van der Waals surface area contributed by atoms with Crippen molar-refractivity contribution in [3.63, 3.8) is 0 Å². The molecule has 0 saturated carbocycles. The van der Waals surface area contributed by atoms with Gasteiger partial charge >= 0.3 is 0 Å². The van der Waals surface area contributed by atoms with Crippen LogP contribution < -0.4 is 5.43 Å². The highest BCUT2D eigenvalue weighted by atomic mass is 15.7. The fourth-order valence-corrected chi connectivity index (χ4v) is 0.246. The molecule has 0 aromatic rings. The second-order valence-electron chi connectivity index (χ2n) is 1.86. The van der Waals surface area contributed by atoms with Gasteiger partial charge in [-0.1, -0.05) is 18.7 Å². The number of nitrogens with zero attached hydrogens (tertiary/aromatic N) is 3.